The monoisotopic (exact) mass is 489 g/mol. The van der Waals surface area contributed by atoms with Crippen molar-refractivity contribution in [2.24, 2.45) is 0 Å². The molecule has 1 aliphatic heterocycles. The lowest BCUT2D eigenvalue weighted by molar-refractivity contribution is -0.139. The van der Waals surface area contributed by atoms with E-state index in [0.717, 1.165) is 29.5 Å². The maximum Gasteiger partial charge on any atom is 0.309 e. The predicted molar refractivity (Wildman–Crippen MR) is 128 cm³/mol. The minimum absolute atomic E-state index is 0.0944. The lowest BCUT2D eigenvalue weighted by Crippen LogP contribution is -2.46. The number of benzene rings is 2. The number of carbonyl (C=O) groups is 2. The van der Waals surface area contributed by atoms with Gasteiger partial charge >= 0.3 is 11.8 Å². The second-order valence-electron chi connectivity index (χ2n) is 8.81. The van der Waals surface area contributed by atoms with Crippen molar-refractivity contribution in [2.45, 2.75) is 63.9 Å². The summed E-state index contributed by atoms with van der Waals surface area (Å²) >= 11 is 0. The van der Waals surface area contributed by atoms with Gasteiger partial charge in [-0.15, -0.1) is 0 Å². The van der Waals surface area contributed by atoms with Crippen molar-refractivity contribution in [3.63, 3.8) is 0 Å². The van der Waals surface area contributed by atoms with E-state index in [9.17, 15) is 22.4 Å². The molecular weight excluding hydrogens is 457 g/mol. The SMILES string of the molecule is Cc1cc(C)c(S(=O)(=O)N2CCCC[C@H]2CCNC(=O)C(=O)NCc2ccccc2F)c(C)c1. The zero-order valence-electron chi connectivity index (χ0n) is 19.9. The summed E-state index contributed by atoms with van der Waals surface area (Å²) in [4.78, 5) is 24.6. The largest absolute Gasteiger partial charge is 0.348 e. The van der Waals surface area contributed by atoms with Crippen LogP contribution in [-0.4, -0.2) is 43.7 Å². The Morgan fingerprint density at radius 2 is 1.68 bits per heavy atom. The van der Waals surface area contributed by atoms with Crippen molar-refractivity contribution < 1.29 is 22.4 Å². The van der Waals surface area contributed by atoms with Crippen molar-refractivity contribution in [3.05, 3.63) is 64.5 Å². The van der Waals surface area contributed by atoms with Gasteiger partial charge in [0.1, 0.15) is 5.82 Å². The topological polar surface area (TPSA) is 95.6 Å². The van der Waals surface area contributed by atoms with E-state index in [0.29, 0.717) is 24.3 Å². The van der Waals surface area contributed by atoms with Crippen LogP contribution >= 0.6 is 0 Å². The fourth-order valence-electron chi connectivity index (χ4n) is 4.60. The Morgan fingerprint density at radius 3 is 2.35 bits per heavy atom. The van der Waals surface area contributed by atoms with E-state index >= 15 is 0 Å². The molecule has 3 rings (SSSR count). The second-order valence-corrected chi connectivity index (χ2v) is 10.6. The number of amides is 2. The lowest BCUT2D eigenvalue weighted by atomic mass is 10.0. The Bertz CT molecular complexity index is 1140. The summed E-state index contributed by atoms with van der Waals surface area (Å²) in [6, 6.07) is 9.49. The van der Waals surface area contributed by atoms with Crippen LogP contribution in [0.4, 0.5) is 4.39 Å². The van der Waals surface area contributed by atoms with Gasteiger partial charge in [0.05, 0.1) is 4.90 Å². The summed E-state index contributed by atoms with van der Waals surface area (Å²) in [5.41, 5.74) is 2.75. The number of nitrogens with zero attached hydrogens (tertiary/aromatic N) is 1. The van der Waals surface area contributed by atoms with Crippen LogP contribution in [0.5, 0.6) is 0 Å². The molecule has 2 aromatic rings. The van der Waals surface area contributed by atoms with Gasteiger partial charge in [0, 0.05) is 31.2 Å². The number of nitrogens with one attached hydrogen (secondary N) is 2. The van der Waals surface area contributed by atoms with Gasteiger partial charge in [0.15, 0.2) is 0 Å². The van der Waals surface area contributed by atoms with Gasteiger partial charge in [-0.3, -0.25) is 9.59 Å². The van der Waals surface area contributed by atoms with Crippen LogP contribution in [0.15, 0.2) is 41.3 Å². The first kappa shape index (κ1) is 25.8. The number of sulfonamides is 1. The van der Waals surface area contributed by atoms with Crippen molar-refractivity contribution in [1.29, 1.82) is 0 Å². The Kier molecular flexibility index (Phi) is 8.43. The van der Waals surface area contributed by atoms with Gasteiger partial charge in [-0.25, -0.2) is 12.8 Å². The van der Waals surface area contributed by atoms with Crippen LogP contribution in [0.3, 0.4) is 0 Å². The molecular formula is C25H32FN3O4S. The summed E-state index contributed by atoms with van der Waals surface area (Å²) in [5, 5.41) is 4.96. The van der Waals surface area contributed by atoms with E-state index in [1.807, 2.05) is 32.9 Å². The molecule has 0 aromatic heterocycles. The Morgan fingerprint density at radius 1 is 1.03 bits per heavy atom. The number of hydrogen-bond acceptors (Lipinski definition) is 4. The smallest absolute Gasteiger partial charge is 0.309 e. The van der Waals surface area contributed by atoms with Crippen molar-refractivity contribution in [1.82, 2.24) is 14.9 Å². The molecule has 1 saturated heterocycles. The maximum atomic E-state index is 13.7. The quantitative estimate of drug-likeness (QED) is 0.584. The van der Waals surface area contributed by atoms with Crippen molar-refractivity contribution >= 4 is 21.8 Å². The third kappa shape index (κ3) is 6.01. The molecule has 9 heteroatoms. The molecule has 184 valence electrons. The molecule has 0 radical (unpaired) electrons. The molecule has 1 fully saturated rings. The van der Waals surface area contributed by atoms with Crippen LogP contribution in [-0.2, 0) is 26.2 Å². The van der Waals surface area contributed by atoms with Gasteiger partial charge in [-0.1, -0.05) is 42.3 Å². The fraction of sp³-hybridized carbons (Fsp3) is 0.440. The van der Waals surface area contributed by atoms with Crippen LogP contribution in [0.2, 0.25) is 0 Å². The first-order valence-corrected chi connectivity index (χ1v) is 12.9. The van der Waals surface area contributed by atoms with E-state index < -0.39 is 27.7 Å². The predicted octanol–water partition coefficient (Wildman–Crippen LogP) is 3.12. The van der Waals surface area contributed by atoms with Crippen LogP contribution < -0.4 is 10.6 Å². The maximum absolute atomic E-state index is 13.7. The molecule has 1 heterocycles. The van der Waals surface area contributed by atoms with Gasteiger partial charge in [0.25, 0.3) is 0 Å². The van der Waals surface area contributed by atoms with Crippen molar-refractivity contribution in [3.8, 4) is 0 Å². The van der Waals surface area contributed by atoms with Crippen molar-refractivity contribution in [2.75, 3.05) is 13.1 Å². The first-order valence-electron chi connectivity index (χ1n) is 11.5. The molecule has 2 amide bonds. The van der Waals surface area contributed by atoms with E-state index in [1.54, 1.807) is 16.4 Å². The van der Waals surface area contributed by atoms with Gasteiger partial charge in [0.2, 0.25) is 10.0 Å². The number of halogens is 1. The van der Waals surface area contributed by atoms with Crippen LogP contribution in [0, 0.1) is 26.6 Å². The highest BCUT2D eigenvalue weighted by Crippen LogP contribution is 2.31. The standard InChI is InChI=1S/C25H32FN3O4S/c1-17-14-18(2)23(19(3)15-17)34(32,33)29-13-7-6-9-21(29)11-12-27-24(30)25(31)28-16-20-8-4-5-10-22(20)26/h4-5,8,10,14-15,21H,6-7,9,11-13,16H2,1-3H3,(H,27,30)(H,28,31)/t21-/m0/s1. The van der Waals surface area contributed by atoms with Gasteiger partial charge < -0.3 is 10.6 Å². The van der Waals surface area contributed by atoms with E-state index in [-0.39, 0.29) is 24.7 Å². The summed E-state index contributed by atoms with van der Waals surface area (Å²) in [7, 11) is -3.69. The van der Waals surface area contributed by atoms with Gasteiger partial charge in [-0.2, -0.15) is 4.31 Å². The Hall–Kier alpha value is -2.78. The number of carbonyl (C=O) groups excluding carboxylic acids is 2. The molecule has 0 aliphatic carbocycles. The Balaban J connectivity index is 1.59. The summed E-state index contributed by atoms with van der Waals surface area (Å²) in [6.07, 6.45) is 2.78. The number of aryl methyl sites for hydroxylation is 3. The molecule has 2 N–H and O–H groups in total. The summed E-state index contributed by atoms with van der Waals surface area (Å²) in [5.74, 6) is -2.14. The molecule has 7 nitrogen and oxygen atoms in total. The van der Waals surface area contributed by atoms with Gasteiger partial charge in [-0.05, 0) is 57.2 Å². The molecule has 2 aromatic carbocycles. The third-order valence-electron chi connectivity index (χ3n) is 6.11. The van der Waals surface area contributed by atoms with E-state index in [2.05, 4.69) is 10.6 Å². The molecule has 1 aliphatic rings. The highest BCUT2D eigenvalue weighted by atomic mass is 32.2. The number of rotatable bonds is 7. The lowest BCUT2D eigenvalue weighted by Gasteiger charge is -2.35. The number of hydrogen-bond donors (Lipinski definition) is 2. The highest BCUT2D eigenvalue weighted by molar-refractivity contribution is 7.89. The summed E-state index contributed by atoms with van der Waals surface area (Å²) < 4.78 is 42.3. The third-order valence-corrected chi connectivity index (χ3v) is 8.37. The molecule has 0 unspecified atom stereocenters. The average Bonchev–Trinajstić information content (AvgIpc) is 2.77. The molecule has 0 spiro atoms. The van der Waals surface area contributed by atoms with E-state index in [4.69, 9.17) is 0 Å². The zero-order chi connectivity index (χ0) is 24.9. The average molecular weight is 490 g/mol. The zero-order valence-corrected chi connectivity index (χ0v) is 20.7. The fourth-order valence-corrected chi connectivity index (χ4v) is 6.74. The number of piperidine rings is 1. The molecule has 0 saturated carbocycles. The minimum Gasteiger partial charge on any atom is -0.348 e. The first-order chi connectivity index (χ1) is 16.1. The van der Waals surface area contributed by atoms with Crippen LogP contribution in [0.1, 0.15) is 47.9 Å². The normalized spacial score (nSPS) is 16.8. The summed E-state index contributed by atoms with van der Waals surface area (Å²) in [6.45, 7) is 6.06. The Labute approximate surface area is 200 Å². The van der Waals surface area contributed by atoms with Crippen LogP contribution in [0.25, 0.3) is 0 Å². The highest BCUT2D eigenvalue weighted by Gasteiger charge is 2.35. The minimum atomic E-state index is -3.69. The molecule has 0 bridgehead atoms. The van der Waals surface area contributed by atoms with E-state index in [1.165, 1.54) is 12.1 Å². The molecule has 1 atom stereocenters. The molecule has 34 heavy (non-hydrogen) atoms. The second kappa shape index (κ2) is 11.1.